The van der Waals surface area contributed by atoms with Crippen molar-refractivity contribution in [2.24, 2.45) is 0 Å². The van der Waals surface area contributed by atoms with Crippen LogP contribution in [0.5, 0.6) is 11.5 Å². The quantitative estimate of drug-likeness (QED) is 0.641. The van der Waals surface area contributed by atoms with Crippen LogP contribution >= 0.6 is 0 Å². The summed E-state index contributed by atoms with van der Waals surface area (Å²) in [7, 11) is 4.00. The van der Waals surface area contributed by atoms with E-state index in [0.717, 1.165) is 22.6 Å². The van der Waals surface area contributed by atoms with Crippen LogP contribution in [0.15, 0.2) is 42.5 Å². The zero-order valence-electron chi connectivity index (χ0n) is 12.5. The monoisotopic (exact) mass is 292 g/mol. The van der Waals surface area contributed by atoms with Crippen molar-refractivity contribution >= 4 is 17.3 Å². The first-order valence-corrected chi connectivity index (χ1v) is 6.96. The molecule has 0 spiro atoms. The Morgan fingerprint density at radius 3 is 2.50 bits per heavy atom. The van der Waals surface area contributed by atoms with E-state index in [1.807, 2.05) is 67.5 Å². The van der Waals surface area contributed by atoms with Gasteiger partial charge in [-0.1, -0.05) is 12.1 Å². The lowest BCUT2D eigenvalue weighted by Crippen LogP contribution is -2.07. The molecule has 1 heterocycles. The summed E-state index contributed by atoms with van der Waals surface area (Å²) in [5.41, 5.74) is 3.53. The summed E-state index contributed by atoms with van der Waals surface area (Å²) in [6.45, 7) is 0.233. The van der Waals surface area contributed by atoms with Gasteiger partial charge in [0.15, 0.2) is 11.5 Å². The number of nitrogens with zero attached hydrogens (tertiary/aromatic N) is 2. The molecule has 0 radical (unpaired) electrons. The normalized spacial score (nSPS) is 12.9. The van der Waals surface area contributed by atoms with E-state index in [-0.39, 0.29) is 6.79 Å². The number of hydrogen-bond donors (Lipinski definition) is 0. The molecule has 110 valence electrons. The maximum atomic E-state index is 9.43. The number of nitriles is 1. The van der Waals surface area contributed by atoms with Gasteiger partial charge in [0.25, 0.3) is 0 Å². The predicted molar refractivity (Wildman–Crippen MR) is 86.8 cm³/mol. The van der Waals surface area contributed by atoms with Crippen molar-refractivity contribution in [3.05, 3.63) is 53.6 Å². The Balaban J connectivity index is 1.92. The van der Waals surface area contributed by atoms with Crippen molar-refractivity contribution in [3.8, 4) is 17.6 Å². The number of allylic oxidation sites excluding steroid dienone is 1. The van der Waals surface area contributed by atoms with Gasteiger partial charge in [-0.2, -0.15) is 5.26 Å². The molecule has 0 N–H and O–H groups in total. The van der Waals surface area contributed by atoms with Crippen LogP contribution < -0.4 is 14.4 Å². The molecular weight excluding hydrogens is 276 g/mol. The molecule has 3 rings (SSSR count). The molecule has 2 aromatic rings. The predicted octanol–water partition coefficient (Wildman–Crippen LogP) is 3.55. The lowest BCUT2D eigenvalue weighted by Gasteiger charge is -2.12. The molecule has 0 unspecified atom stereocenters. The van der Waals surface area contributed by atoms with Crippen molar-refractivity contribution in [2.45, 2.75) is 0 Å². The Morgan fingerprint density at radius 2 is 1.82 bits per heavy atom. The van der Waals surface area contributed by atoms with E-state index in [9.17, 15) is 5.26 Å². The molecular formula is C18H16N2O2. The summed E-state index contributed by atoms with van der Waals surface area (Å²) in [5, 5.41) is 9.43. The standard InChI is InChI=1S/C18H16N2O2/c1-20(2)16-6-3-13(4-7-16)9-15(11-19)14-5-8-17-18(10-14)22-12-21-17/h3-10H,12H2,1-2H3/b15-9-. The Kier molecular flexibility index (Phi) is 3.71. The molecule has 0 fully saturated rings. The second-order valence-electron chi connectivity index (χ2n) is 5.22. The minimum atomic E-state index is 0.233. The van der Waals surface area contributed by atoms with Crippen molar-refractivity contribution in [1.29, 1.82) is 5.26 Å². The molecule has 1 aliphatic heterocycles. The lowest BCUT2D eigenvalue weighted by atomic mass is 10.0. The molecule has 0 aliphatic carbocycles. The van der Waals surface area contributed by atoms with Gasteiger partial charge in [-0.25, -0.2) is 0 Å². The van der Waals surface area contributed by atoms with Crippen LogP contribution in [0.25, 0.3) is 11.6 Å². The molecule has 0 saturated heterocycles. The second-order valence-corrected chi connectivity index (χ2v) is 5.22. The van der Waals surface area contributed by atoms with Crippen LogP contribution in [0.2, 0.25) is 0 Å². The second kappa shape index (κ2) is 5.82. The molecule has 22 heavy (non-hydrogen) atoms. The van der Waals surface area contributed by atoms with E-state index in [0.29, 0.717) is 11.3 Å². The van der Waals surface area contributed by atoms with E-state index < -0.39 is 0 Å². The maximum Gasteiger partial charge on any atom is 0.231 e. The summed E-state index contributed by atoms with van der Waals surface area (Å²) >= 11 is 0. The number of ether oxygens (including phenoxy) is 2. The first-order valence-electron chi connectivity index (χ1n) is 6.96. The molecule has 0 amide bonds. The van der Waals surface area contributed by atoms with Gasteiger partial charge in [-0.15, -0.1) is 0 Å². The average molecular weight is 292 g/mol. The van der Waals surface area contributed by atoms with Gasteiger partial charge in [0, 0.05) is 19.8 Å². The van der Waals surface area contributed by atoms with Gasteiger partial charge in [-0.05, 0) is 47.5 Å². The Hall–Kier alpha value is -2.93. The summed E-state index contributed by atoms with van der Waals surface area (Å²) in [5.74, 6) is 1.40. The average Bonchev–Trinajstić information content (AvgIpc) is 3.00. The number of fused-ring (bicyclic) bond motifs is 1. The molecule has 0 bridgehead atoms. The minimum absolute atomic E-state index is 0.233. The third-order valence-electron chi connectivity index (χ3n) is 3.52. The summed E-state index contributed by atoms with van der Waals surface area (Å²) in [4.78, 5) is 2.04. The van der Waals surface area contributed by atoms with Crippen molar-refractivity contribution in [1.82, 2.24) is 0 Å². The van der Waals surface area contributed by atoms with Gasteiger partial charge < -0.3 is 14.4 Å². The van der Waals surface area contributed by atoms with Crippen LogP contribution in [0.3, 0.4) is 0 Å². The number of hydrogen-bond acceptors (Lipinski definition) is 4. The fourth-order valence-electron chi connectivity index (χ4n) is 2.28. The minimum Gasteiger partial charge on any atom is -0.454 e. The van der Waals surface area contributed by atoms with Gasteiger partial charge in [-0.3, -0.25) is 0 Å². The van der Waals surface area contributed by atoms with E-state index in [4.69, 9.17) is 9.47 Å². The highest BCUT2D eigenvalue weighted by molar-refractivity contribution is 5.90. The zero-order valence-corrected chi connectivity index (χ0v) is 12.5. The fraction of sp³-hybridized carbons (Fsp3) is 0.167. The third kappa shape index (κ3) is 2.75. The highest BCUT2D eigenvalue weighted by Crippen LogP contribution is 2.34. The maximum absolute atomic E-state index is 9.43. The van der Waals surface area contributed by atoms with Crippen molar-refractivity contribution < 1.29 is 9.47 Å². The molecule has 4 heteroatoms. The van der Waals surface area contributed by atoms with E-state index in [1.165, 1.54) is 0 Å². The van der Waals surface area contributed by atoms with Crippen LogP contribution in [-0.2, 0) is 0 Å². The van der Waals surface area contributed by atoms with E-state index in [1.54, 1.807) is 0 Å². The van der Waals surface area contributed by atoms with Gasteiger partial charge in [0.1, 0.15) is 0 Å². The molecule has 0 aromatic heterocycles. The molecule has 2 aromatic carbocycles. The van der Waals surface area contributed by atoms with E-state index in [2.05, 4.69) is 6.07 Å². The molecule has 0 saturated carbocycles. The van der Waals surface area contributed by atoms with E-state index >= 15 is 0 Å². The largest absolute Gasteiger partial charge is 0.454 e. The van der Waals surface area contributed by atoms with Crippen LogP contribution in [0, 0.1) is 11.3 Å². The van der Waals surface area contributed by atoms with Crippen LogP contribution in [0.1, 0.15) is 11.1 Å². The molecule has 0 atom stereocenters. The van der Waals surface area contributed by atoms with Gasteiger partial charge in [0.2, 0.25) is 6.79 Å². The third-order valence-corrected chi connectivity index (χ3v) is 3.52. The topological polar surface area (TPSA) is 45.5 Å². The van der Waals surface area contributed by atoms with Gasteiger partial charge in [0.05, 0.1) is 11.6 Å². The van der Waals surface area contributed by atoms with Gasteiger partial charge >= 0.3 is 0 Å². The highest BCUT2D eigenvalue weighted by atomic mass is 16.7. The lowest BCUT2D eigenvalue weighted by molar-refractivity contribution is 0.174. The Bertz CT molecular complexity index is 756. The van der Waals surface area contributed by atoms with Crippen molar-refractivity contribution in [3.63, 3.8) is 0 Å². The summed E-state index contributed by atoms with van der Waals surface area (Å²) in [6.07, 6.45) is 1.87. The van der Waals surface area contributed by atoms with Crippen LogP contribution in [-0.4, -0.2) is 20.9 Å². The smallest absolute Gasteiger partial charge is 0.231 e. The first-order chi connectivity index (χ1) is 10.7. The first kappa shape index (κ1) is 14.0. The number of benzene rings is 2. The summed E-state index contributed by atoms with van der Waals surface area (Å²) < 4.78 is 10.7. The highest BCUT2D eigenvalue weighted by Gasteiger charge is 2.14. The number of rotatable bonds is 3. The van der Waals surface area contributed by atoms with Crippen LogP contribution in [0.4, 0.5) is 5.69 Å². The Morgan fingerprint density at radius 1 is 1.09 bits per heavy atom. The SMILES string of the molecule is CN(C)c1ccc(/C=C(/C#N)c2ccc3c(c2)OCO3)cc1. The molecule has 4 nitrogen and oxygen atoms in total. The molecule has 1 aliphatic rings. The fourth-order valence-corrected chi connectivity index (χ4v) is 2.28. The Labute approximate surface area is 129 Å². The zero-order chi connectivity index (χ0) is 15.5. The van der Waals surface area contributed by atoms with Crippen molar-refractivity contribution in [2.75, 3.05) is 25.8 Å². The summed E-state index contributed by atoms with van der Waals surface area (Å²) in [6, 6.07) is 15.8. The number of anilines is 1.